The highest BCUT2D eigenvalue weighted by Gasteiger charge is 1.97. The molecule has 0 saturated heterocycles. The summed E-state index contributed by atoms with van der Waals surface area (Å²) in [4.78, 5) is 0. The van der Waals surface area contributed by atoms with E-state index in [4.69, 9.17) is 0 Å². The molecule has 0 heterocycles. The molecule has 1 rings (SSSR count). The van der Waals surface area contributed by atoms with Crippen molar-refractivity contribution in [2.45, 2.75) is 6.54 Å². The fraction of sp³-hybridized carbons (Fsp3) is 0.400. The topological polar surface area (TPSA) is 12.0 Å². The number of halogens is 2. The molecule has 0 atom stereocenters. The van der Waals surface area contributed by atoms with Gasteiger partial charge in [0.25, 0.3) is 0 Å². The molecule has 1 nitrogen and oxygen atoms in total. The van der Waals surface area contributed by atoms with Crippen molar-refractivity contribution in [1.82, 2.24) is 5.32 Å². The van der Waals surface area contributed by atoms with Crippen LogP contribution in [0.5, 0.6) is 0 Å². The molecule has 0 aliphatic carbocycles. The molecule has 1 N–H and O–H groups in total. The molecular formula is C10H13Br2NS. The SMILES string of the molecule is CSCCNCc1ccc(Br)c(Br)c1. The normalized spacial score (nSPS) is 10.5. The predicted octanol–water partition coefficient (Wildman–Crippen LogP) is 3.66. The molecule has 4 heteroatoms. The molecule has 0 aromatic heterocycles. The molecule has 0 amide bonds. The first-order valence-corrected chi connectivity index (χ1v) is 7.35. The van der Waals surface area contributed by atoms with Crippen LogP contribution in [0.1, 0.15) is 5.56 Å². The first-order chi connectivity index (χ1) is 6.74. The van der Waals surface area contributed by atoms with Crippen LogP contribution in [0.2, 0.25) is 0 Å². The van der Waals surface area contributed by atoms with Crippen LogP contribution < -0.4 is 5.32 Å². The largest absolute Gasteiger partial charge is 0.312 e. The van der Waals surface area contributed by atoms with Gasteiger partial charge < -0.3 is 5.32 Å². The van der Waals surface area contributed by atoms with Crippen molar-refractivity contribution in [3.8, 4) is 0 Å². The van der Waals surface area contributed by atoms with Crippen molar-refractivity contribution >= 4 is 43.6 Å². The Labute approximate surface area is 106 Å². The lowest BCUT2D eigenvalue weighted by Crippen LogP contribution is -2.16. The first-order valence-electron chi connectivity index (χ1n) is 4.37. The molecule has 0 aliphatic rings. The monoisotopic (exact) mass is 337 g/mol. The predicted molar refractivity (Wildman–Crippen MR) is 71.9 cm³/mol. The maximum Gasteiger partial charge on any atom is 0.0320 e. The van der Waals surface area contributed by atoms with E-state index in [0.717, 1.165) is 27.8 Å². The molecule has 0 aliphatic heterocycles. The number of thioether (sulfide) groups is 1. The van der Waals surface area contributed by atoms with E-state index < -0.39 is 0 Å². The van der Waals surface area contributed by atoms with E-state index in [1.54, 1.807) is 0 Å². The summed E-state index contributed by atoms with van der Waals surface area (Å²) in [5.74, 6) is 1.16. The zero-order chi connectivity index (χ0) is 10.4. The van der Waals surface area contributed by atoms with Crippen LogP contribution in [0.4, 0.5) is 0 Å². The van der Waals surface area contributed by atoms with Crippen LogP contribution in [-0.4, -0.2) is 18.6 Å². The highest BCUT2D eigenvalue weighted by Crippen LogP contribution is 2.23. The Hall–Kier alpha value is 0.490. The average molecular weight is 339 g/mol. The molecule has 1 aromatic rings. The molecule has 0 saturated carbocycles. The lowest BCUT2D eigenvalue weighted by molar-refractivity contribution is 0.732. The zero-order valence-corrected chi connectivity index (χ0v) is 12.0. The van der Waals surface area contributed by atoms with E-state index in [0.29, 0.717) is 0 Å². The number of nitrogens with one attached hydrogen (secondary N) is 1. The Morgan fingerprint density at radius 3 is 2.71 bits per heavy atom. The molecule has 0 spiro atoms. The van der Waals surface area contributed by atoms with Gasteiger partial charge in [-0.25, -0.2) is 0 Å². The van der Waals surface area contributed by atoms with Gasteiger partial charge in [-0.2, -0.15) is 11.8 Å². The van der Waals surface area contributed by atoms with Gasteiger partial charge in [-0.1, -0.05) is 6.07 Å². The third-order valence-corrected chi connectivity index (χ3v) is 4.29. The van der Waals surface area contributed by atoms with Crippen molar-refractivity contribution in [1.29, 1.82) is 0 Å². The number of hydrogen-bond acceptors (Lipinski definition) is 2. The number of hydrogen-bond donors (Lipinski definition) is 1. The van der Waals surface area contributed by atoms with Gasteiger partial charge in [0, 0.05) is 27.8 Å². The standard InChI is InChI=1S/C10H13Br2NS/c1-14-5-4-13-7-8-2-3-9(11)10(12)6-8/h2-3,6,13H,4-5,7H2,1H3. The Morgan fingerprint density at radius 2 is 2.07 bits per heavy atom. The smallest absolute Gasteiger partial charge is 0.0320 e. The van der Waals surface area contributed by atoms with Crippen LogP contribution in [0.3, 0.4) is 0 Å². The third-order valence-electron chi connectivity index (χ3n) is 1.80. The minimum absolute atomic E-state index is 0.937. The fourth-order valence-electron chi connectivity index (χ4n) is 1.06. The van der Waals surface area contributed by atoms with Crippen LogP contribution >= 0.6 is 43.6 Å². The van der Waals surface area contributed by atoms with Gasteiger partial charge in [0.15, 0.2) is 0 Å². The van der Waals surface area contributed by atoms with Gasteiger partial charge in [-0.3, -0.25) is 0 Å². The minimum Gasteiger partial charge on any atom is -0.312 e. The maximum atomic E-state index is 3.49. The average Bonchev–Trinajstić information content (AvgIpc) is 2.18. The van der Waals surface area contributed by atoms with Crippen molar-refractivity contribution in [2.24, 2.45) is 0 Å². The second kappa shape index (κ2) is 6.88. The van der Waals surface area contributed by atoms with E-state index >= 15 is 0 Å². The highest BCUT2D eigenvalue weighted by atomic mass is 79.9. The molecule has 14 heavy (non-hydrogen) atoms. The third kappa shape index (κ3) is 4.34. The number of rotatable bonds is 5. The summed E-state index contributed by atoms with van der Waals surface area (Å²) in [5, 5.41) is 3.39. The number of benzene rings is 1. The second-order valence-electron chi connectivity index (χ2n) is 2.92. The molecule has 0 fully saturated rings. The summed E-state index contributed by atoms with van der Waals surface area (Å²) >= 11 is 8.80. The molecule has 0 unspecified atom stereocenters. The van der Waals surface area contributed by atoms with E-state index in [1.807, 2.05) is 11.8 Å². The summed E-state index contributed by atoms with van der Waals surface area (Å²) in [6.45, 7) is 2.00. The summed E-state index contributed by atoms with van der Waals surface area (Å²) < 4.78 is 2.21. The lowest BCUT2D eigenvalue weighted by Gasteiger charge is -2.05. The van der Waals surface area contributed by atoms with Crippen molar-refractivity contribution in [2.75, 3.05) is 18.6 Å². The van der Waals surface area contributed by atoms with E-state index in [2.05, 4.69) is 61.6 Å². The Bertz CT molecular complexity index is 291. The van der Waals surface area contributed by atoms with Gasteiger partial charge in [0.1, 0.15) is 0 Å². The molecule has 78 valence electrons. The highest BCUT2D eigenvalue weighted by molar-refractivity contribution is 9.13. The summed E-state index contributed by atoms with van der Waals surface area (Å²) in [7, 11) is 0. The van der Waals surface area contributed by atoms with Gasteiger partial charge in [0.2, 0.25) is 0 Å². The Balaban J connectivity index is 2.39. The van der Waals surface area contributed by atoms with Crippen LogP contribution in [0.25, 0.3) is 0 Å². The van der Waals surface area contributed by atoms with E-state index in [1.165, 1.54) is 5.56 Å². The zero-order valence-electron chi connectivity index (χ0n) is 8.02. The molecule has 0 radical (unpaired) electrons. The summed E-state index contributed by atoms with van der Waals surface area (Å²) in [6, 6.07) is 6.33. The first kappa shape index (κ1) is 12.6. The second-order valence-corrected chi connectivity index (χ2v) is 5.61. The maximum absolute atomic E-state index is 3.49. The van der Waals surface area contributed by atoms with Gasteiger partial charge in [0.05, 0.1) is 0 Å². The molecule has 1 aromatic carbocycles. The Morgan fingerprint density at radius 1 is 1.29 bits per heavy atom. The lowest BCUT2D eigenvalue weighted by atomic mass is 10.2. The van der Waals surface area contributed by atoms with Crippen molar-refractivity contribution in [3.63, 3.8) is 0 Å². The Kier molecular flexibility index (Phi) is 6.17. The van der Waals surface area contributed by atoms with Gasteiger partial charge in [-0.15, -0.1) is 0 Å². The van der Waals surface area contributed by atoms with Crippen LogP contribution in [0, 0.1) is 0 Å². The van der Waals surface area contributed by atoms with Crippen molar-refractivity contribution < 1.29 is 0 Å². The van der Waals surface area contributed by atoms with Crippen LogP contribution in [-0.2, 0) is 6.54 Å². The summed E-state index contributed by atoms with van der Waals surface area (Å²) in [5.41, 5.74) is 1.31. The van der Waals surface area contributed by atoms with Crippen LogP contribution in [0.15, 0.2) is 27.1 Å². The molecule has 0 bridgehead atoms. The quantitative estimate of drug-likeness (QED) is 0.822. The van der Waals surface area contributed by atoms with E-state index in [9.17, 15) is 0 Å². The minimum atomic E-state index is 0.937. The molecular weight excluding hydrogens is 326 g/mol. The van der Waals surface area contributed by atoms with Gasteiger partial charge >= 0.3 is 0 Å². The van der Waals surface area contributed by atoms with Gasteiger partial charge in [-0.05, 0) is 55.8 Å². The van der Waals surface area contributed by atoms with E-state index in [-0.39, 0.29) is 0 Å². The van der Waals surface area contributed by atoms with Crippen molar-refractivity contribution in [3.05, 3.63) is 32.7 Å². The summed E-state index contributed by atoms with van der Waals surface area (Å²) in [6.07, 6.45) is 2.12. The fourth-order valence-corrected chi connectivity index (χ4v) is 2.08.